The molecule has 1 aliphatic heterocycles. The van der Waals surface area contributed by atoms with Crippen LogP contribution in [0.4, 0.5) is 0 Å². The lowest BCUT2D eigenvalue weighted by Crippen LogP contribution is -2.48. The SMILES string of the molecule is CCNC(c1cc(Br)ccc1Br)C1CCOC2(CCC2)C1. The predicted molar refractivity (Wildman–Crippen MR) is 93.5 cm³/mol. The van der Waals surface area contributed by atoms with Gasteiger partial charge in [-0.25, -0.2) is 0 Å². The molecule has 2 aliphatic rings. The van der Waals surface area contributed by atoms with Gasteiger partial charge in [-0.15, -0.1) is 0 Å². The average Bonchev–Trinajstić information content (AvgIpc) is 2.46. The number of rotatable bonds is 4. The summed E-state index contributed by atoms with van der Waals surface area (Å²) in [6.45, 7) is 4.10. The van der Waals surface area contributed by atoms with Crippen molar-refractivity contribution in [2.75, 3.05) is 13.2 Å². The summed E-state index contributed by atoms with van der Waals surface area (Å²) in [6.07, 6.45) is 6.19. The molecule has 1 N–H and O–H groups in total. The third-order valence-electron chi connectivity index (χ3n) is 4.98. The van der Waals surface area contributed by atoms with Gasteiger partial charge in [0.25, 0.3) is 0 Å². The molecule has 116 valence electrons. The van der Waals surface area contributed by atoms with Crippen LogP contribution in [0.2, 0.25) is 0 Å². The minimum atomic E-state index is 0.203. The van der Waals surface area contributed by atoms with E-state index in [1.54, 1.807) is 0 Å². The second-order valence-corrected chi connectivity index (χ2v) is 8.11. The maximum atomic E-state index is 6.10. The number of ether oxygens (including phenoxy) is 1. The van der Waals surface area contributed by atoms with Crippen LogP contribution in [-0.2, 0) is 4.74 Å². The van der Waals surface area contributed by atoms with Crippen molar-refractivity contribution in [3.05, 3.63) is 32.7 Å². The summed E-state index contributed by atoms with van der Waals surface area (Å²) in [4.78, 5) is 0. The number of hydrogen-bond acceptors (Lipinski definition) is 2. The maximum absolute atomic E-state index is 6.10. The fourth-order valence-corrected chi connectivity index (χ4v) is 4.65. The van der Waals surface area contributed by atoms with Gasteiger partial charge in [-0.1, -0.05) is 38.8 Å². The average molecular weight is 417 g/mol. The minimum absolute atomic E-state index is 0.203. The molecule has 0 aromatic heterocycles. The largest absolute Gasteiger partial charge is 0.375 e. The summed E-state index contributed by atoms with van der Waals surface area (Å²) >= 11 is 7.35. The third-order valence-corrected chi connectivity index (χ3v) is 6.20. The third kappa shape index (κ3) is 3.39. The lowest BCUT2D eigenvalue weighted by molar-refractivity contribution is -0.147. The molecular formula is C17H23Br2NO. The van der Waals surface area contributed by atoms with Gasteiger partial charge in [-0.2, -0.15) is 0 Å². The topological polar surface area (TPSA) is 21.3 Å². The molecule has 4 heteroatoms. The molecule has 2 unspecified atom stereocenters. The smallest absolute Gasteiger partial charge is 0.0686 e. The van der Waals surface area contributed by atoms with Crippen molar-refractivity contribution in [1.82, 2.24) is 5.32 Å². The number of benzene rings is 1. The second kappa shape index (κ2) is 6.69. The Morgan fingerprint density at radius 2 is 2.19 bits per heavy atom. The van der Waals surface area contributed by atoms with E-state index < -0.39 is 0 Å². The van der Waals surface area contributed by atoms with Crippen molar-refractivity contribution in [2.45, 2.75) is 50.7 Å². The molecular weight excluding hydrogens is 394 g/mol. The van der Waals surface area contributed by atoms with Crippen LogP contribution in [0.1, 0.15) is 50.6 Å². The molecule has 2 atom stereocenters. The van der Waals surface area contributed by atoms with E-state index in [0.717, 1.165) is 24.0 Å². The zero-order chi connectivity index (χ0) is 14.9. The Morgan fingerprint density at radius 3 is 2.86 bits per heavy atom. The van der Waals surface area contributed by atoms with Crippen LogP contribution < -0.4 is 5.32 Å². The first-order valence-corrected chi connectivity index (χ1v) is 9.54. The molecule has 2 fully saturated rings. The maximum Gasteiger partial charge on any atom is 0.0686 e. The molecule has 0 radical (unpaired) electrons. The normalized spacial score (nSPS) is 25.6. The lowest BCUT2D eigenvalue weighted by Gasteiger charge is -2.49. The van der Waals surface area contributed by atoms with Crippen molar-refractivity contribution >= 4 is 31.9 Å². The fraction of sp³-hybridized carbons (Fsp3) is 0.647. The van der Waals surface area contributed by atoms with Crippen LogP contribution >= 0.6 is 31.9 Å². The van der Waals surface area contributed by atoms with E-state index in [0.29, 0.717) is 12.0 Å². The zero-order valence-electron chi connectivity index (χ0n) is 12.5. The van der Waals surface area contributed by atoms with Crippen molar-refractivity contribution in [3.8, 4) is 0 Å². The van der Waals surface area contributed by atoms with Crippen LogP contribution in [0, 0.1) is 5.92 Å². The predicted octanol–water partition coefficient (Wildman–Crippen LogP) is 5.21. The van der Waals surface area contributed by atoms with E-state index in [-0.39, 0.29) is 5.60 Å². The van der Waals surface area contributed by atoms with E-state index in [2.05, 4.69) is 62.3 Å². The van der Waals surface area contributed by atoms with Gasteiger partial charge in [0.2, 0.25) is 0 Å². The number of hydrogen-bond donors (Lipinski definition) is 1. The highest BCUT2D eigenvalue weighted by atomic mass is 79.9. The van der Waals surface area contributed by atoms with Crippen molar-refractivity contribution in [3.63, 3.8) is 0 Å². The van der Waals surface area contributed by atoms with Gasteiger partial charge in [0.1, 0.15) is 0 Å². The summed E-state index contributed by atoms with van der Waals surface area (Å²) in [5, 5.41) is 3.72. The van der Waals surface area contributed by atoms with Gasteiger partial charge in [0.15, 0.2) is 0 Å². The van der Waals surface area contributed by atoms with Crippen LogP contribution in [0.25, 0.3) is 0 Å². The van der Waals surface area contributed by atoms with Gasteiger partial charge in [-0.3, -0.25) is 0 Å². The van der Waals surface area contributed by atoms with Crippen LogP contribution in [0.15, 0.2) is 27.1 Å². The molecule has 1 aliphatic carbocycles. The van der Waals surface area contributed by atoms with Gasteiger partial charge in [-0.05, 0) is 68.3 Å². The molecule has 1 saturated carbocycles. The lowest BCUT2D eigenvalue weighted by atomic mass is 9.69. The monoisotopic (exact) mass is 415 g/mol. The van der Waals surface area contributed by atoms with Crippen LogP contribution in [0.5, 0.6) is 0 Å². The molecule has 3 rings (SSSR count). The number of halogens is 2. The van der Waals surface area contributed by atoms with E-state index in [4.69, 9.17) is 4.74 Å². The van der Waals surface area contributed by atoms with Crippen LogP contribution in [-0.4, -0.2) is 18.8 Å². The Morgan fingerprint density at radius 1 is 1.38 bits per heavy atom. The molecule has 1 aromatic rings. The van der Waals surface area contributed by atoms with E-state index >= 15 is 0 Å². The second-order valence-electron chi connectivity index (χ2n) is 6.34. The minimum Gasteiger partial charge on any atom is -0.375 e. The molecule has 2 nitrogen and oxygen atoms in total. The summed E-state index contributed by atoms with van der Waals surface area (Å²) in [7, 11) is 0. The molecule has 21 heavy (non-hydrogen) atoms. The van der Waals surface area contributed by atoms with E-state index in [9.17, 15) is 0 Å². The Labute approximate surface area is 144 Å². The van der Waals surface area contributed by atoms with Gasteiger partial charge >= 0.3 is 0 Å². The molecule has 1 saturated heterocycles. The standard InChI is InChI=1S/C17H23Br2NO/c1-2-20-16(14-10-13(18)4-5-15(14)19)12-6-9-21-17(11-12)7-3-8-17/h4-5,10,12,16,20H,2-3,6-9,11H2,1H3. The summed E-state index contributed by atoms with van der Waals surface area (Å²) in [5.41, 5.74) is 1.57. The fourth-order valence-electron chi connectivity index (χ4n) is 3.77. The Hall–Kier alpha value is 0.1000. The van der Waals surface area contributed by atoms with Gasteiger partial charge < -0.3 is 10.1 Å². The first-order valence-electron chi connectivity index (χ1n) is 7.96. The van der Waals surface area contributed by atoms with Gasteiger partial charge in [0.05, 0.1) is 5.60 Å². The quantitative estimate of drug-likeness (QED) is 0.727. The Kier molecular flexibility index (Phi) is 5.09. The highest BCUT2D eigenvalue weighted by Gasteiger charge is 2.44. The van der Waals surface area contributed by atoms with Crippen LogP contribution in [0.3, 0.4) is 0 Å². The zero-order valence-corrected chi connectivity index (χ0v) is 15.7. The van der Waals surface area contributed by atoms with Crippen molar-refractivity contribution in [1.29, 1.82) is 0 Å². The Balaban J connectivity index is 1.84. The molecule has 0 amide bonds. The van der Waals surface area contributed by atoms with Gasteiger partial charge in [0, 0.05) is 21.6 Å². The molecule has 0 bridgehead atoms. The highest BCUT2D eigenvalue weighted by molar-refractivity contribution is 9.11. The Bertz CT molecular complexity index is 502. The summed E-state index contributed by atoms with van der Waals surface area (Å²) < 4.78 is 8.45. The number of nitrogens with one attached hydrogen (secondary N) is 1. The van der Waals surface area contributed by atoms with E-state index in [1.165, 1.54) is 35.7 Å². The summed E-state index contributed by atoms with van der Waals surface area (Å²) in [6, 6.07) is 6.89. The van der Waals surface area contributed by atoms with E-state index in [1.807, 2.05) is 0 Å². The molecule has 1 spiro atoms. The first-order chi connectivity index (χ1) is 10.1. The van der Waals surface area contributed by atoms with Crippen molar-refractivity contribution < 1.29 is 4.74 Å². The highest BCUT2D eigenvalue weighted by Crippen LogP contribution is 2.47. The first kappa shape index (κ1) is 16.0. The summed E-state index contributed by atoms with van der Waals surface area (Å²) in [5.74, 6) is 0.657. The van der Waals surface area contributed by atoms with Crippen molar-refractivity contribution in [2.24, 2.45) is 5.92 Å². The molecule has 1 aromatic carbocycles. The molecule has 1 heterocycles.